The Hall–Kier alpha value is -1.30. The summed E-state index contributed by atoms with van der Waals surface area (Å²) in [6.45, 7) is 3.34. The third-order valence-electron chi connectivity index (χ3n) is 4.33. The SMILES string of the molecule is CC#CCNC1(CN)CCC(c2ccccc2)CC1. The maximum absolute atomic E-state index is 5.99. The zero-order valence-electron chi connectivity index (χ0n) is 11.8. The minimum atomic E-state index is 0.106. The summed E-state index contributed by atoms with van der Waals surface area (Å²) >= 11 is 0. The molecule has 0 atom stereocenters. The largest absolute Gasteiger partial charge is 0.329 e. The van der Waals surface area contributed by atoms with Crippen LogP contribution in [0.5, 0.6) is 0 Å². The average Bonchev–Trinajstić information content (AvgIpc) is 2.49. The molecule has 0 spiro atoms. The molecule has 1 aliphatic rings. The van der Waals surface area contributed by atoms with E-state index in [2.05, 4.69) is 47.5 Å². The van der Waals surface area contributed by atoms with E-state index in [1.54, 1.807) is 0 Å². The van der Waals surface area contributed by atoms with E-state index in [0.717, 1.165) is 19.4 Å². The van der Waals surface area contributed by atoms with Gasteiger partial charge in [-0.15, -0.1) is 5.92 Å². The van der Waals surface area contributed by atoms with Crippen LogP contribution in [0.1, 0.15) is 44.1 Å². The van der Waals surface area contributed by atoms with Crippen molar-refractivity contribution in [1.29, 1.82) is 0 Å². The summed E-state index contributed by atoms with van der Waals surface area (Å²) in [7, 11) is 0. The summed E-state index contributed by atoms with van der Waals surface area (Å²) in [5, 5.41) is 3.56. The van der Waals surface area contributed by atoms with Crippen molar-refractivity contribution < 1.29 is 0 Å². The summed E-state index contributed by atoms with van der Waals surface area (Å²) in [5.41, 5.74) is 7.57. The predicted octanol–water partition coefficient (Wildman–Crippen LogP) is 2.65. The van der Waals surface area contributed by atoms with Gasteiger partial charge in [0.15, 0.2) is 0 Å². The zero-order valence-corrected chi connectivity index (χ0v) is 11.8. The molecule has 0 unspecified atom stereocenters. The lowest BCUT2D eigenvalue weighted by atomic mass is 9.74. The smallest absolute Gasteiger partial charge is 0.0581 e. The van der Waals surface area contributed by atoms with Crippen LogP contribution in [0, 0.1) is 11.8 Å². The Bertz CT molecular complexity index is 433. The van der Waals surface area contributed by atoms with E-state index in [0.29, 0.717) is 12.5 Å². The van der Waals surface area contributed by atoms with Crippen LogP contribution >= 0.6 is 0 Å². The fourth-order valence-corrected chi connectivity index (χ4v) is 3.00. The van der Waals surface area contributed by atoms with Gasteiger partial charge in [-0.25, -0.2) is 0 Å². The van der Waals surface area contributed by atoms with Crippen molar-refractivity contribution in [2.45, 2.75) is 44.1 Å². The van der Waals surface area contributed by atoms with E-state index < -0.39 is 0 Å². The highest BCUT2D eigenvalue weighted by Crippen LogP contribution is 2.37. The molecule has 2 rings (SSSR count). The molecule has 2 nitrogen and oxygen atoms in total. The maximum atomic E-state index is 5.99. The lowest BCUT2D eigenvalue weighted by Crippen LogP contribution is -2.53. The van der Waals surface area contributed by atoms with Crippen LogP contribution in [0.3, 0.4) is 0 Å². The van der Waals surface area contributed by atoms with E-state index in [1.165, 1.54) is 18.4 Å². The first-order valence-electron chi connectivity index (χ1n) is 7.19. The molecular weight excluding hydrogens is 232 g/mol. The second kappa shape index (κ2) is 6.75. The van der Waals surface area contributed by atoms with Gasteiger partial charge in [0, 0.05) is 12.1 Å². The van der Waals surface area contributed by atoms with Gasteiger partial charge >= 0.3 is 0 Å². The molecule has 0 aliphatic heterocycles. The summed E-state index contributed by atoms with van der Waals surface area (Å²) in [6, 6.07) is 10.8. The predicted molar refractivity (Wildman–Crippen MR) is 80.9 cm³/mol. The Morgan fingerprint density at radius 3 is 2.53 bits per heavy atom. The fraction of sp³-hybridized carbons (Fsp3) is 0.529. The minimum Gasteiger partial charge on any atom is -0.329 e. The molecule has 102 valence electrons. The first-order chi connectivity index (χ1) is 9.29. The van der Waals surface area contributed by atoms with E-state index in [4.69, 9.17) is 5.73 Å². The second-order valence-electron chi connectivity index (χ2n) is 5.45. The van der Waals surface area contributed by atoms with Crippen LogP contribution in [-0.2, 0) is 0 Å². The topological polar surface area (TPSA) is 38.0 Å². The number of hydrogen-bond acceptors (Lipinski definition) is 2. The molecule has 3 N–H and O–H groups in total. The van der Waals surface area contributed by atoms with Gasteiger partial charge < -0.3 is 5.73 Å². The highest BCUT2D eigenvalue weighted by atomic mass is 15.0. The average molecular weight is 256 g/mol. The monoisotopic (exact) mass is 256 g/mol. The number of benzene rings is 1. The molecule has 1 aliphatic carbocycles. The lowest BCUT2D eigenvalue weighted by Gasteiger charge is -2.40. The Morgan fingerprint density at radius 2 is 1.95 bits per heavy atom. The fourth-order valence-electron chi connectivity index (χ4n) is 3.00. The number of nitrogens with two attached hydrogens (primary N) is 1. The first kappa shape index (κ1) is 14.1. The standard InChI is InChI=1S/C17H24N2/c1-2-3-13-19-17(14-18)11-9-16(10-12-17)15-7-5-4-6-8-15/h4-8,16,19H,9-14,18H2,1H3. The first-order valence-corrected chi connectivity index (χ1v) is 7.19. The van der Waals surface area contributed by atoms with Crippen molar-refractivity contribution in [2.75, 3.05) is 13.1 Å². The van der Waals surface area contributed by atoms with E-state index in [1.807, 2.05) is 6.92 Å². The van der Waals surface area contributed by atoms with E-state index >= 15 is 0 Å². The van der Waals surface area contributed by atoms with Crippen LogP contribution in [-0.4, -0.2) is 18.6 Å². The molecule has 0 bridgehead atoms. The maximum Gasteiger partial charge on any atom is 0.0581 e. The summed E-state index contributed by atoms with van der Waals surface area (Å²) in [6.07, 6.45) is 4.73. The summed E-state index contributed by atoms with van der Waals surface area (Å²) in [4.78, 5) is 0. The third-order valence-corrected chi connectivity index (χ3v) is 4.33. The van der Waals surface area contributed by atoms with Crippen molar-refractivity contribution in [3.8, 4) is 11.8 Å². The molecule has 1 fully saturated rings. The zero-order chi connectivity index (χ0) is 13.6. The molecule has 0 radical (unpaired) electrons. The Morgan fingerprint density at radius 1 is 1.26 bits per heavy atom. The van der Waals surface area contributed by atoms with Gasteiger partial charge in [0.1, 0.15) is 0 Å². The van der Waals surface area contributed by atoms with Crippen LogP contribution in [0.4, 0.5) is 0 Å². The van der Waals surface area contributed by atoms with Crippen molar-refractivity contribution in [3.05, 3.63) is 35.9 Å². The van der Waals surface area contributed by atoms with Gasteiger partial charge in [0.25, 0.3) is 0 Å². The van der Waals surface area contributed by atoms with Crippen molar-refractivity contribution in [2.24, 2.45) is 5.73 Å². The summed E-state index contributed by atoms with van der Waals surface area (Å²) in [5.74, 6) is 6.71. The lowest BCUT2D eigenvalue weighted by molar-refractivity contribution is 0.230. The molecule has 19 heavy (non-hydrogen) atoms. The van der Waals surface area contributed by atoms with Crippen molar-refractivity contribution in [3.63, 3.8) is 0 Å². The van der Waals surface area contributed by atoms with Gasteiger partial charge in [-0.2, -0.15) is 0 Å². The Kier molecular flexibility index (Phi) is 5.01. The minimum absolute atomic E-state index is 0.106. The van der Waals surface area contributed by atoms with Gasteiger partial charge in [0.05, 0.1) is 6.54 Å². The molecule has 0 aromatic heterocycles. The Balaban J connectivity index is 1.94. The molecule has 1 aromatic rings. The number of rotatable bonds is 4. The van der Waals surface area contributed by atoms with E-state index in [-0.39, 0.29) is 5.54 Å². The quantitative estimate of drug-likeness (QED) is 0.813. The Labute approximate surface area is 116 Å². The molecule has 1 saturated carbocycles. The van der Waals surface area contributed by atoms with Crippen molar-refractivity contribution in [1.82, 2.24) is 5.32 Å². The third kappa shape index (κ3) is 3.59. The highest BCUT2D eigenvalue weighted by molar-refractivity contribution is 5.20. The molecule has 1 aromatic carbocycles. The van der Waals surface area contributed by atoms with Crippen molar-refractivity contribution >= 4 is 0 Å². The van der Waals surface area contributed by atoms with Crippen LogP contribution in [0.15, 0.2) is 30.3 Å². The van der Waals surface area contributed by atoms with Crippen LogP contribution in [0.25, 0.3) is 0 Å². The van der Waals surface area contributed by atoms with Gasteiger partial charge in [-0.05, 0) is 44.1 Å². The molecular formula is C17H24N2. The number of nitrogens with one attached hydrogen (secondary N) is 1. The van der Waals surface area contributed by atoms with Gasteiger partial charge in [0.2, 0.25) is 0 Å². The van der Waals surface area contributed by atoms with Gasteiger partial charge in [-0.1, -0.05) is 36.3 Å². The normalized spacial score (nSPS) is 26.5. The molecule has 0 saturated heterocycles. The van der Waals surface area contributed by atoms with Crippen LogP contribution in [0.2, 0.25) is 0 Å². The second-order valence-corrected chi connectivity index (χ2v) is 5.45. The summed E-state index contributed by atoms with van der Waals surface area (Å²) < 4.78 is 0. The molecule has 0 heterocycles. The number of hydrogen-bond donors (Lipinski definition) is 2. The molecule has 2 heteroatoms. The van der Waals surface area contributed by atoms with Crippen LogP contribution < -0.4 is 11.1 Å². The molecule has 0 amide bonds. The highest BCUT2D eigenvalue weighted by Gasteiger charge is 2.33. The van der Waals surface area contributed by atoms with E-state index in [9.17, 15) is 0 Å². The van der Waals surface area contributed by atoms with Gasteiger partial charge in [-0.3, -0.25) is 5.32 Å².